The van der Waals surface area contributed by atoms with Gasteiger partial charge in [0.2, 0.25) is 0 Å². The quantitative estimate of drug-likeness (QED) is 0.490. The summed E-state index contributed by atoms with van der Waals surface area (Å²) in [5, 5.41) is 8.91. The molecule has 1 aliphatic rings. The maximum absolute atomic E-state index is 13.9. The van der Waals surface area contributed by atoms with Gasteiger partial charge in [0, 0.05) is 5.56 Å². The molecule has 146 valence electrons. The molecule has 0 spiro atoms. The van der Waals surface area contributed by atoms with Crippen LogP contribution in [0.1, 0.15) is 42.2 Å². The zero-order valence-electron chi connectivity index (χ0n) is 15.5. The summed E-state index contributed by atoms with van der Waals surface area (Å²) < 4.78 is 19.0. The summed E-state index contributed by atoms with van der Waals surface area (Å²) in [6.07, 6.45) is 0. The van der Waals surface area contributed by atoms with Crippen molar-refractivity contribution < 1.29 is 23.5 Å². The second-order valence-electron chi connectivity index (χ2n) is 6.54. The fourth-order valence-electron chi connectivity index (χ4n) is 3.18. The summed E-state index contributed by atoms with van der Waals surface area (Å²) in [5.41, 5.74) is 1.23. The molecule has 0 aliphatic carbocycles. The summed E-state index contributed by atoms with van der Waals surface area (Å²) in [4.78, 5) is 38.7. The summed E-state index contributed by atoms with van der Waals surface area (Å²) in [6.45, 7) is -0.364. The third-order valence-electron chi connectivity index (χ3n) is 4.67. The van der Waals surface area contributed by atoms with Gasteiger partial charge in [0.05, 0.1) is 34.0 Å². The van der Waals surface area contributed by atoms with Crippen molar-refractivity contribution in [2.75, 3.05) is 4.90 Å². The largest absolute Gasteiger partial charge is 0.457 e. The Balaban J connectivity index is 1.54. The molecule has 0 unspecified atom stereocenters. The summed E-state index contributed by atoms with van der Waals surface area (Å²) in [7, 11) is 0. The van der Waals surface area contributed by atoms with Crippen LogP contribution in [-0.2, 0) is 11.3 Å². The zero-order valence-corrected chi connectivity index (χ0v) is 15.5. The number of anilines is 1. The number of hydrogen-bond donors (Lipinski definition) is 0. The Bertz CT molecular complexity index is 1210. The molecule has 1 heterocycles. The Labute approximate surface area is 170 Å². The Hall–Kier alpha value is -4.31. The lowest BCUT2D eigenvalue weighted by molar-refractivity contribution is 0.0468. The van der Waals surface area contributed by atoms with E-state index < -0.39 is 23.6 Å². The van der Waals surface area contributed by atoms with Crippen molar-refractivity contribution in [2.24, 2.45) is 0 Å². The lowest BCUT2D eigenvalue weighted by Crippen LogP contribution is -2.29. The Morgan fingerprint density at radius 1 is 0.967 bits per heavy atom. The highest BCUT2D eigenvalue weighted by Crippen LogP contribution is 2.29. The summed E-state index contributed by atoms with van der Waals surface area (Å²) in [6, 6.07) is 18.0. The van der Waals surface area contributed by atoms with Crippen LogP contribution in [0.15, 0.2) is 66.7 Å². The lowest BCUT2D eigenvalue weighted by Gasteiger charge is -2.15. The maximum Gasteiger partial charge on any atom is 0.338 e. The predicted octanol–water partition coefficient (Wildman–Crippen LogP) is 3.85. The van der Waals surface area contributed by atoms with Crippen LogP contribution < -0.4 is 4.90 Å². The molecule has 3 aromatic rings. The van der Waals surface area contributed by atoms with Crippen LogP contribution in [0.25, 0.3) is 0 Å². The number of fused-ring (bicyclic) bond motifs is 1. The molecular formula is C23H13FN2O4. The Morgan fingerprint density at radius 3 is 2.33 bits per heavy atom. The SMILES string of the molecule is N#Cc1ccc(F)c(COC(=O)c2cccc(N3C(=O)c4ccccc4C3=O)c2)c1. The Morgan fingerprint density at radius 2 is 1.67 bits per heavy atom. The highest BCUT2D eigenvalue weighted by atomic mass is 19.1. The van der Waals surface area contributed by atoms with Gasteiger partial charge in [0.25, 0.3) is 11.8 Å². The molecule has 6 nitrogen and oxygen atoms in total. The number of benzene rings is 3. The first-order valence-electron chi connectivity index (χ1n) is 8.93. The van der Waals surface area contributed by atoms with E-state index in [1.807, 2.05) is 6.07 Å². The van der Waals surface area contributed by atoms with E-state index in [2.05, 4.69) is 0 Å². The number of amides is 2. The average Bonchev–Trinajstić information content (AvgIpc) is 3.03. The molecule has 1 aliphatic heterocycles. The number of nitriles is 1. The highest BCUT2D eigenvalue weighted by Gasteiger charge is 2.36. The van der Waals surface area contributed by atoms with Crippen molar-refractivity contribution >= 4 is 23.5 Å². The number of imide groups is 1. The number of ether oxygens (including phenoxy) is 1. The summed E-state index contributed by atoms with van der Waals surface area (Å²) >= 11 is 0. The second-order valence-corrected chi connectivity index (χ2v) is 6.54. The number of hydrogen-bond acceptors (Lipinski definition) is 5. The summed E-state index contributed by atoms with van der Waals surface area (Å²) in [5.74, 6) is -2.30. The van der Waals surface area contributed by atoms with E-state index in [0.29, 0.717) is 11.1 Å². The number of carbonyl (C=O) groups is 3. The van der Waals surface area contributed by atoms with E-state index >= 15 is 0 Å². The van der Waals surface area contributed by atoms with Crippen LogP contribution in [0.5, 0.6) is 0 Å². The molecule has 0 N–H and O–H groups in total. The fourth-order valence-corrected chi connectivity index (χ4v) is 3.18. The molecule has 2 amide bonds. The monoisotopic (exact) mass is 400 g/mol. The van der Waals surface area contributed by atoms with E-state index in [9.17, 15) is 18.8 Å². The second kappa shape index (κ2) is 7.60. The maximum atomic E-state index is 13.9. The number of nitrogens with zero attached hydrogens (tertiary/aromatic N) is 2. The third kappa shape index (κ3) is 3.31. The van der Waals surface area contributed by atoms with E-state index in [0.717, 1.165) is 11.0 Å². The standard InChI is InChI=1S/C23H13FN2O4/c24-20-9-8-14(12-25)10-16(20)13-30-23(29)15-4-3-5-17(11-15)26-21(27)18-6-1-2-7-19(18)22(26)28/h1-11H,13H2. The normalized spacial score (nSPS) is 12.5. The molecule has 0 fully saturated rings. The molecule has 30 heavy (non-hydrogen) atoms. The molecule has 0 radical (unpaired) electrons. The van der Waals surface area contributed by atoms with Gasteiger partial charge in [0.15, 0.2) is 0 Å². The van der Waals surface area contributed by atoms with Crippen LogP contribution in [0.4, 0.5) is 10.1 Å². The smallest absolute Gasteiger partial charge is 0.338 e. The van der Waals surface area contributed by atoms with Crippen molar-refractivity contribution in [3.05, 3.63) is 100 Å². The molecule has 4 rings (SSSR count). The zero-order chi connectivity index (χ0) is 21.3. The average molecular weight is 400 g/mol. The molecular weight excluding hydrogens is 387 g/mol. The van der Waals surface area contributed by atoms with Gasteiger partial charge in [-0.25, -0.2) is 14.1 Å². The molecule has 0 aromatic heterocycles. The van der Waals surface area contributed by atoms with Gasteiger partial charge in [-0.3, -0.25) is 9.59 Å². The van der Waals surface area contributed by atoms with Gasteiger partial charge in [-0.1, -0.05) is 18.2 Å². The minimum Gasteiger partial charge on any atom is -0.457 e. The van der Waals surface area contributed by atoms with Crippen molar-refractivity contribution in [1.82, 2.24) is 0 Å². The molecule has 0 atom stereocenters. The highest BCUT2D eigenvalue weighted by molar-refractivity contribution is 6.34. The first-order chi connectivity index (χ1) is 14.5. The molecule has 0 bridgehead atoms. The van der Waals surface area contributed by atoms with Gasteiger partial charge >= 0.3 is 5.97 Å². The van der Waals surface area contributed by atoms with Gasteiger partial charge in [-0.2, -0.15) is 5.26 Å². The van der Waals surface area contributed by atoms with Gasteiger partial charge in [-0.05, 0) is 48.5 Å². The predicted molar refractivity (Wildman–Crippen MR) is 104 cm³/mol. The first-order valence-corrected chi connectivity index (χ1v) is 8.93. The molecule has 0 saturated heterocycles. The van der Waals surface area contributed by atoms with Crippen molar-refractivity contribution in [3.63, 3.8) is 0 Å². The van der Waals surface area contributed by atoms with Crippen molar-refractivity contribution in [2.45, 2.75) is 6.61 Å². The van der Waals surface area contributed by atoms with E-state index in [1.165, 1.54) is 36.4 Å². The van der Waals surface area contributed by atoms with Crippen molar-refractivity contribution in [3.8, 4) is 6.07 Å². The molecule has 7 heteroatoms. The number of halogens is 1. The van der Waals surface area contributed by atoms with E-state index in [-0.39, 0.29) is 29.0 Å². The number of carbonyl (C=O) groups excluding carboxylic acids is 3. The minimum absolute atomic E-state index is 0.0684. The van der Waals surface area contributed by atoms with E-state index in [1.54, 1.807) is 24.3 Å². The van der Waals surface area contributed by atoms with Gasteiger partial charge in [-0.15, -0.1) is 0 Å². The third-order valence-corrected chi connectivity index (χ3v) is 4.67. The number of esters is 1. The van der Waals surface area contributed by atoms with Gasteiger partial charge in [0.1, 0.15) is 12.4 Å². The van der Waals surface area contributed by atoms with Crippen molar-refractivity contribution in [1.29, 1.82) is 5.26 Å². The molecule has 3 aromatic carbocycles. The van der Waals surface area contributed by atoms with Crippen LogP contribution in [-0.4, -0.2) is 17.8 Å². The van der Waals surface area contributed by atoms with Crippen LogP contribution in [0, 0.1) is 17.1 Å². The van der Waals surface area contributed by atoms with Crippen LogP contribution in [0.3, 0.4) is 0 Å². The van der Waals surface area contributed by atoms with Crippen LogP contribution in [0.2, 0.25) is 0 Å². The lowest BCUT2D eigenvalue weighted by atomic mass is 10.1. The minimum atomic E-state index is -0.754. The van der Waals surface area contributed by atoms with Crippen LogP contribution >= 0.6 is 0 Å². The van der Waals surface area contributed by atoms with E-state index in [4.69, 9.17) is 10.00 Å². The fraction of sp³-hybridized carbons (Fsp3) is 0.0435. The Kier molecular flexibility index (Phi) is 4.82. The molecule has 0 saturated carbocycles. The number of rotatable bonds is 4. The first kappa shape index (κ1) is 19.0. The topological polar surface area (TPSA) is 87.5 Å². The van der Waals surface area contributed by atoms with Gasteiger partial charge < -0.3 is 4.74 Å².